The van der Waals surface area contributed by atoms with Crippen molar-refractivity contribution in [1.29, 1.82) is 0 Å². The lowest BCUT2D eigenvalue weighted by molar-refractivity contribution is 0.0523. The SMILES string of the molecule is CC(C)(C)OC(=O)NCc1ccc(-c2cn[nH]c2)cc1. The first-order chi connectivity index (χ1) is 9.44. The predicted octanol–water partition coefficient (Wildman–Crippen LogP) is 3.10. The minimum atomic E-state index is -0.477. The number of carbonyl (C=O) groups is 1. The van der Waals surface area contributed by atoms with Gasteiger partial charge in [0.25, 0.3) is 0 Å². The fourth-order valence-electron chi connectivity index (χ4n) is 1.71. The molecule has 1 aromatic carbocycles. The molecular formula is C15H19N3O2. The second-order valence-corrected chi connectivity index (χ2v) is 5.54. The van der Waals surface area contributed by atoms with Crippen LogP contribution in [-0.2, 0) is 11.3 Å². The summed E-state index contributed by atoms with van der Waals surface area (Å²) in [6, 6.07) is 7.94. The molecule has 0 aliphatic heterocycles. The van der Waals surface area contributed by atoms with Crippen LogP contribution < -0.4 is 5.32 Å². The van der Waals surface area contributed by atoms with Crippen LogP contribution in [0, 0.1) is 0 Å². The molecule has 0 bridgehead atoms. The highest BCUT2D eigenvalue weighted by atomic mass is 16.6. The van der Waals surface area contributed by atoms with E-state index in [4.69, 9.17) is 4.74 Å². The van der Waals surface area contributed by atoms with Gasteiger partial charge in [-0.05, 0) is 31.9 Å². The molecule has 0 unspecified atom stereocenters. The number of alkyl carbamates (subject to hydrolysis) is 1. The van der Waals surface area contributed by atoms with Crippen LogP contribution in [0.2, 0.25) is 0 Å². The van der Waals surface area contributed by atoms with Crippen molar-refractivity contribution < 1.29 is 9.53 Å². The van der Waals surface area contributed by atoms with E-state index < -0.39 is 11.7 Å². The van der Waals surface area contributed by atoms with Crippen molar-refractivity contribution in [3.63, 3.8) is 0 Å². The first kappa shape index (κ1) is 14.1. The smallest absolute Gasteiger partial charge is 0.407 e. The molecule has 0 saturated heterocycles. The highest BCUT2D eigenvalue weighted by Gasteiger charge is 2.15. The van der Waals surface area contributed by atoms with E-state index in [0.717, 1.165) is 16.7 Å². The lowest BCUT2D eigenvalue weighted by atomic mass is 10.1. The molecule has 2 aromatic rings. The lowest BCUT2D eigenvalue weighted by Crippen LogP contribution is -2.32. The molecule has 0 radical (unpaired) electrons. The van der Waals surface area contributed by atoms with Crippen molar-refractivity contribution in [2.24, 2.45) is 0 Å². The maximum atomic E-state index is 11.5. The van der Waals surface area contributed by atoms with E-state index in [1.807, 2.05) is 51.2 Å². The number of aromatic nitrogens is 2. The maximum Gasteiger partial charge on any atom is 0.407 e. The van der Waals surface area contributed by atoms with Gasteiger partial charge in [0.1, 0.15) is 5.60 Å². The first-order valence-electron chi connectivity index (χ1n) is 6.49. The summed E-state index contributed by atoms with van der Waals surface area (Å²) in [6.45, 7) is 5.96. The topological polar surface area (TPSA) is 67.0 Å². The van der Waals surface area contributed by atoms with Crippen LogP contribution in [0.3, 0.4) is 0 Å². The van der Waals surface area contributed by atoms with Gasteiger partial charge in [-0.1, -0.05) is 24.3 Å². The number of benzene rings is 1. The fraction of sp³-hybridized carbons (Fsp3) is 0.333. The monoisotopic (exact) mass is 273 g/mol. The molecule has 1 aromatic heterocycles. The van der Waals surface area contributed by atoms with E-state index >= 15 is 0 Å². The van der Waals surface area contributed by atoms with Crippen molar-refractivity contribution in [3.8, 4) is 11.1 Å². The molecule has 5 heteroatoms. The Morgan fingerprint density at radius 3 is 2.50 bits per heavy atom. The molecule has 2 N–H and O–H groups in total. The van der Waals surface area contributed by atoms with Gasteiger partial charge in [-0.15, -0.1) is 0 Å². The number of carbonyl (C=O) groups excluding carboxylic acids is 1. The summed E-state index contributed by atoms with van der Waals surface area (Å²) in [5.41, 5.74) is 2.66. The second kappa shape index (κ2) is 5.77. The van der Waals surface area contributed by atoms with Crippen LogP contribution in [0.1, 0.15) is 26.3 Å². The summed E-state index contributed by atoms with van der Waals surface area (Å²) in [5.74, 6) is 0. The Hall–Kier alpha value is -2.30. The Bertz CT molecular complexity index is 554. The van der Waals surface area contributed by atoms with Crippen LogP contribution in [-0.4, -0.2) is 21.9 Å². The quantitative estimate of drug-likeness (QED) is 0.903. The standard InChI is InChI=1S/C15H19N3O2/c1-15(2,3)20-14(19)16-8-11-4-6-12(7-5-11)13-9-17-18-10-13/h4-7,9-10H,8H2,1-3H3,(H,16,19)(H,17,18). The number of amides is 1. The van der Waals surface area contributed by atoms with Crippen LogP contribution in [0.4, 0.5) is 4.79 Å². The molecule has 0 spiro atoms. The Balaban J connectivity index is 1.90. The van der Waals surface area contributed by atoms with Crippen LogP contribution in [0.25, 0.3) is 11.1 Å². The summed E-state index contributed by atoms with van der Waals surface area (Å²) in [7, 11) is 0. The first-order valence-corrected chi connectivity index (χ1v) is 6.49. The van der Waals surface area contributed by atoms with Gasteiger partial charge in [0.15, 0.2) is 0 Å². The van der Waals surface area contributed by atoms with Crippen molar-refractivity contribution in [3.05, 3.63) is 42.2 Å². The highest BCUT2D eigenvalue weighted by molar-refractivity contribution is 5.68. The number of H-pyrrole nitrogens is 1. The zero-order valence-electron chi connectivity index (χ0n) is 11.9. The molecule has 1 amide bonds. The predicted molar refractivity (Wildman–Crippen MR) is 77.1 cm³/mol. The zero-order valence-corrected chi connectivity index (χ0v) is 11.9. The van der Waals surface area contributed by atoms with E-state index in [-0.39, 0.29) is 0 Å². The average molecular weight is 273 g/mol. The molecule has 0 saturated carbocycles. The van der Waals surface area contributed by atoms with Gasteiger partial charge in [0, 0.05) is 18.3 Å². The highest BCUT2D eigenvalue weighted by Crippen LogP contribution is 2.17. The van der Waals surface area contributed by atoms with Crippen molar-refractivity contribution in [1.82, 2.24) is 15.5 Å². The molecule has 0 atom stereocenters. The Morgan fingerprint density at radius 1 is 1.25 bits per heavy atom. The maximum absolute atomic E-state index is 11.5. The number of nitrogens with one attached hydrogen (secondary N) is 2. The number of hydrogen-bond donors (Lipinski definition) is 2. The number of hydrogen-bond acceptors (Lipinski definition) is 3. The summed E-state index contributed by atoms with van der Waals surface area (Å²) in [4.78, 5) is 11.5. The molecule has 106 valence electrons. The zero-order chi connectivity index (χ0) is 14.6. The van der Waals surface area contributed by atoms with E-state index in [2.05, 4.69) is 15.5 Å². The summed E-state index contributed by atoms with van der Waals surface area (Å²) in [5, 5.41) is 9.43. The molecule has 5 nitrogen and oxygen atoms in total. The van der Waals surface area contributed by atoms with E-state index in [1.54, 1.807) is 6.20 Å². The second-order valence-electron chi connectivity index (χ2n) is 5.54. The summed E-state index contributed by atoms with van der Waals surface area (Å²) in [6.07, 6.45) is 3.21. The summed E-state index contributed by atoms with van der Waals surface area (Å²) >= 11 is 0. The van der Waals surface area contributed by atoms with E-state index in [1.165, 1.54) is 0 Å². The van der Waals surface area contributed by atoms with E-state index in [0.29, 0.717) is 6.54 Å². The van der Waals surface area contributed by atoms with Crippen LogP contribution in [0.5, 0.6) is 0 Å². The van der Waals surface area contributed by atoms with Crippen molar-refractivity contribution in [2.45, 2.75) is 32.9 Å². The fourth-order valence-corrected chi connectivity index (χ4v) is 1.71. The Labute approximate surface area is 118 Å². The molecule has 0 fully saturated rings. The van der Waals surface area contributed by atoms with Crippen molar-refractivity contribution in [2.75, 3.05) is 0 Å². The Morgan fingerprint density at radius 2 is 1.95 bits per heavy atom. The van der Waals surface area contributed by atoms with Gasteiger partial charge in [-0.2, -0.15) is 5.10 Å². The Kier molecular flexibility index (Phi) is 4.08. The number of ether oxygens (including phenoxy) is 1. The van der Waals surface area contributed by atoms with Gasteiger partial charge in [-0.25, -0.2) is 4.79 Å². The molecule has 0 aliphatic rings. The van der Waals surface area contributed by atoms with Gasteiger partial charge >= 0.3 is 6.09 Å². The normalized spacial score (nSPS) is 11.2. The van der Waals surface area contributed by atoms with Gasteiger partial charge in [0.05, 0.1) is 6.20 Å². The van der Waals surface area contributed by atoms with Crippen LogP contribution in [0.15, 0.2) is 36.7 Å². The van der Waals surface area contributed by atoms with Gasteiger partial charge < -0.3 is 10.1 Å². The summed E-state index contributed by atoms with van der Waals surface area (Å²) < 4.78 is 5.18. The molecule has 1 heterocycles. The van der Waals surface area contributed by atoms with Gasteiger partial charge in [-0.3, -0.25) is 5.10 Å². The largest absolute Gasteiger partial charge is 0.444 e. The molecule has 0 aliphatic carbocycles. The molecule has 20 heavy (non-hydrogen) atoms. The molecule has 2 rings (SSSR count). The minimum absolute atomic E-state index is 0.406. The molecular weight excluding hydrogens is 254 g/mol. The number of nitrogens with zero attached hydrogens (tertiary/aromatic N) is 1. The van der Waals surface area contributed by atoms with Gasteiger partial charge in [0.2, 0.25) is 0 Å². The lowest BCUT2D eigenvalue weighted by Gasteiger charge is -2.19. The number of rotatable bonds is 3. The van der Waals surface area contributed by atoms with Crippen molar-refractivity contribution >= 4 is 6.09 Å². The third kappa shape index (κ3) is 4.12. The number of aromatic amines is 1. The van der Waals surface area contributed by atoms with Crippen LogP contribution >= 0.6 is 0 Å². The van der Waals surface area contributed by atoms with E-state index in [9.17, 15) is 4.79 Å². The minimum Gasteiger partial charge on any atom is -0.444 e. The average Bonchev–Trinajstić information content (AvgIpc) is 2.89. The third-order valence-corrected chi connectivity index (χ3v) is 2.62. The third-order valence-electron chi connectivity index (χ3n) is 2.62.